The number of aromatic hydroxyl groups is 1. The van der Waals surface area contributed by atoms with Gasteiger partial charge < -0.3 is 9.84 Å². The summed E-state index contributed by atoms with van der Waals surface area (Å²) in [6.45, 7) is 1.78. The summed E-state index contributed by atoms with van der Waals surface area (Å²) >= 11 is 0. The van der Waals surface area contributed by atoms with Crippen LogP contribution in [0.15, 0.2) is 12.1 Å². The first-order chi connectivity index (χ1) is 8.51. The van der Waals surface area contributed by atoms with E-state index in [0.717, 1.165) is 6.07 Å². The maximum atomic E-state index is 11.3. The van der Waals surface area contributed by atoms with E-state index in [-0.39, 0.29) is 18.6 Å². The number of ether oxygens (including phenoxy) is 1. The van der Waals surface area contributed by atoms with Gasteiger partial charge in [0.05, 0.1) is 18.0 Å². The fourth-order valence-corrected chi connectivity index (χ4v) is 1.45. The van der Waals surface area contributed by atoms with Gasteiger partial charge in [0, 0.05) is 5.56 Å². The molecule has 0 spiro atoms. The van der Waals surface area contributed by atoms with Crippen LogP contribution in [0.25, 0.3) is 0 Å². The van der Waals surface area contributed by atoms with Gasteiger partial charge >= 0.3 is 5.97 Å². The molecule has 0 atom stereocenters. The Morgan fingerprint density at radius 1 is 1.61 bits per heavy atom. The number of hydrogen-bond acceptors (Lipinski definition) is 6. The molecule has 0 aromatic heterocycles. The van der Waals surface area contributed by atoms with Crippen molar-refractivity contribution >= 4 is 11.7 Å². The summed E-state index contributed by atoms with van der Waals surface area (Å²) in [4.78, 5) is 21.4. The van der Waals surface area contributed by atoms with Crippen LogP contribution in [0.2, 0.25) is 0 Å². The van der Waals surface area contributed by atoms with Crippen molar-refractivity contribution in [3.8, 4) is 11.8 Å². The number of nitro groups is 1. The highest BCUT2D eigenvalue weighted by molar-refractivity contribution is 5.76. The molecule has 0 unspecified atom stereocenters. The van der Waals surface area contributed by atoms with Crippen molar-refractivity contribution in [1.82, 2.24) is 0 Å². The van der Waals surface area contributed by atoms with Gasteiger partial charge in [-0.05, 0) is 19.1 Å². The molecule has 0 bridgehead atoms. The van der Waals surface area contributed by atoms with E-state index < -0.39 is 27.9 Å². The third-order valence-electron chi connectivity index (χ3n) is 2.17. The van der Waals surface area contributed by atoms with Crippen molar-refractivity contribution in [2.24, 2.45) is 0 Å². The molecule has 1 aromatic carbocycles. The number of esters is 1. The molecule has 0 radical (unpaired) electrons. The molecule has 18 heavy (non-hydrogen) atoms. The van der Waals surface area contributed by atoms with Crippen LogP contribution in [0.1, 0.15) is 18.1 Å². The lowest BCUT2D eigenvalue weighted by Gasteiger charge is -2.05. The number of nitrogens with zero attached hydrogens (tertiary/aromatic N) is 2. The SMILES string of the molecule is CCOC(=O)Cc1ccc(O)c(C#N)c1[N+](=O)[O-]. The molecule has 1 rings (SSSR count). The molecule has 0 saturated carbocycles. The highest BCUT2D eigenvalue weighted by Crippen LogP contribution is 2.30. The van der Waals surface area contributed by atoms with Crippen molar-refractivity contribution in [3.63, 3.8) is 0 Å². The van der Waals surface area contributed by atoms with Crippen molar-refractivity contribution in [1.29, 1.82) is 5.26 Å². The third-order valence-corrected chi connectivity index (χ3v) is 2.17. The van der Waals surface area contributed by atoms with Gasteiger partial charge in [-0.1, -0.05) is 0 Å². The zero-order chi connectivity index (χ0) is 13.7. The van der Waals surface area contributed by atoms with Gasteiger partial charge in [0.2, 0.25) is 0 Å². The fourth-order valence-electron chi connectivity index (χ4n) is 1.45. The van der Waals surface area contributed by atoms with E-state index in [1.807, 2.05) is 0 Å². The molecule has 0 aliphatic heterocycles. The Morgan fingerprint density at radius 2 is 2.28 bits per heavy atom. The minimum Gasteiger partial charge on any atom is -0.506 e. The molecule has 7 heteroatoms. The lowest BCUT2D eigenvalue weighted by molar-refractivity contribution is -0.385. The number of benzene rings is 1. The highest BCUT2D eigenvalue weighted by Gasteiger charge is 2.24. The first kappa shape index (κ1) is 13.4. The molecule has 0 aliphatic carbocycles. The van der Waals surface area contributed by atoms with Crippen LogP contribution in [0.4, 0.5) is 5.69 Å². The van der Waals surface area contributed by atoms with Gasteiger partial charge in [-0.2, -0.15) is 5.26 Å². The van der Waals surface area contributed by atoms with Crippen LogP contribution in [0.3, 0.4) is 0 Å². The van der Waals surface area contributed by atoms with Crippen LogP contribution >= 0.6 is 0 Å². The van der Waals surface area contributed by atoms with Gasteiger partial charge in [-0.25, -0.2) is 0 Å². The monoisotopic (exact) mass is 250 g/mol. The Hall–Kier alpha value is -2.62. The van der Waals surface area contributed by atoms with E-state index >= 15 is 0 Å². The van der Waals surface area contributed by atoms with Gasteiger partial charge in [-0.15, -0.1) is 0 Å². The number of nitro benzene ring substituents is 1. The smallest absolute Gasteiger partial charge is 0.310 e. The van der Waals surface area contributed by atoms with Gasteiger partial charge in [-0.3, -0.25) is 14.9 Å². The van der Waals surface area contributed by atoms with E-state index in [1.54, 1.807) is 13.0 Å². The summed E-state index contributed by atoms with van der Waals surface area (Å²) in [7, 11) is 0. The molecule has 0 aliphatic rings. The second-order valence-corrected chi connectivity index (χ2v) is 3.32. The molecule has 0 amide bonds. The van der Waals surface area contributed by atoms with Crippen LogP contribution in [0, 0.1) is 21.4 Å². The third kappa shape index (κ3) is 2.74. The maximum Gasteiger partial charge on any atom is 0.310 e. The molecular weight excluding hydrogens is 240 g/mol. The zero-order valence-corrected chi connectivity index (χ0v) is 9.54. The predicted molar refractivity (Wildman–Crippen MR) is 59.8 cm³/mol. The summed E-state index contributed by atoms with van der Waals surface area (Å²) < 4.78 is 4.68. The minimum absolute atomic E-state index is 0.0350. The molecular formula is C11H10N2O5. The van der Waals surface area contributed by atoms with Gasteiger partial charge in [0.25, 0.3) is 5.69 Å². The number of phenolic OH excluding ortho intramolecular Hbond substituents is 1. The van der Waals surface area contributed by atoms with Crippen molar-refractivity contribution in [2.45, 2.75) is 13.3 Å². The summed E-state index contributed by atoms with van der Waals surface area (Å²) in [5.41, 5.74) is -0.986. The summed E-state index contributed by atoms with van der Waals surface area (Å²) in [5, 5.41) is 29.0. The molecule has 0 saturated heterocycles. The van der Waals surface area contributed by atoms with E-state index in [2.05, 4.69) is 4.74 Å². The van der Waals surface area contributed by atoms with Crippen LogP contribution in [0.5, 0.6) is 5.75 Å². The number of carbonyl (C=O) groups is 1. The van der Waals surface area contributed by atoms with Crippen LogP contribution < -0.4 is 0 Å². The standard InChI is InChI=1S/C11H10N2O5/c1-2-18-10(15)5-7-3-4-9(14)8(6-12)11(7)13(16)17/h3-4,14H,2,5H2,1H3. The topological polar surface area (TPSA) is 113 Å². The number of hydrogen-bond donors (Lipinski definition) is 1. The van der Waals surface area contributed by atoms with E-state index in [0.29, 0.717) is 0 Å². The predicted octanol–water partition coefficient (Wildman–Crippen LogP) is 1.28. The second kappa shape index (κ2) is 5.63. The van der Waals surface area contributed by atoms with Crippen molar-refractivity contribution in [3.05, 3.63) is 33.4 Å². The Labute approximate surface area is 102 Å². The average Bonchev–Trinajstić information content (AvgIpc) is 2.30. The number of carbonyl (C=O) groups excluding carboxylic acids is 1. The van der Waals surface area contributed by atoms with E-state index in [1.165, 1.54) is 6.07 Å². The first-order valence-electron chi connectivity index (χ1n) is 5.06. The zero-order valence-electron chi connectivity index (χ0n) is 9.54. The average molecular weight is 250 g/mol. The lowest BCUT2D eigenvalue weighted by Crippen LogP contribution is -2.10. The van der Waals surface area contributed by atoms with E-state index in [9.17, 15) is 20.0 Å². The molecule has 1 aromatic rings. The van der Waals surface area contributed by atoms with Crippen molar-refractivity contribution < 1.29 is 19.6 Å². The quantitative estimate of drug-likeness (QED) is 0.489. The van der Waals surface area contributed by atoms with Crippen molar-refractivity contribution in [2.75, 3.05) is 6.61 Å². The van der Waals surface area contributed by atoms with Gasteiger partial charge in [0.15, 0.2) is 5.56 Å². The largest absolute Gasteiger partial charge is 0.506 e. The number of rotatable bonds is 4. The molecule has 0 fully saturated rings. The number of phenols is 1. The summed E-state index contributed by atoms with van der Waals surface area (Å²) in [6, 6.07) is 3.91. The molecule has 0 heterocycles. The number of nitriles is 1. The maximum absolute atomic E-state index is 11.3. The first-order valence-corrected chi connectivity index (χ1v) is 5.06. The Morgan fingerprint density at radius 3 is 2.78 bits per heavy atom. The van der Waals surface area contributed by atoms with E-state index in [4.69, 9.17) is 5.26 Å². The molecule has 94 valence electrons. The minimum atomic E-state index is -0.799. The summed E-state index contributed by atoms with van der Waals surface area (Å²) in [6.07, 6.45) is -0.320. The Kier molecular flexibility index (Phi) is 4.21. The summed E-state index contributed by atoms with van der Waals surface area (Å²) in [5.74, 6) is -1.12. The van der Waals surface area contributed by atoms with Gasteiger partial charge in [0.1, 0.15) is 11.8 Å². The van der Waals surface area contributed by atoms with Crippen LogP contribution in [-0.2, 0) is 16.0 Å². The Bertz CT molecular complexity index is 533. The molecule has 7 nitrogen and oxygen atoms in total. The highest BCUT2D eigenvalue weighted by atomic mass is 16.6. The fraction of sp³-hybridized carbons (Fsp3) is 0.273. The normalized spacial score (nSPS) is 9.56. The lowest BCUT2D eigenvalue weighted by atomic mass is 10.0. The Balaban J connectivity index is 3.25. The second-order valence-electron chi connectivity index (χ2n) is 3.32. The molecule has 1 N–H and O–H groups in total. The van der Waals surface area contributed by atoms with Crippen LogP contribution in [-0.4, -0.2) is 22.6 Å².